The molecule has 0 unspecified atom stereocenters. The Bertz CT molecular complexity index is 505. The van der Waals surface area contributed by atoms with Crippen molar-refractivity contribution in [2.45, 2.75) is 70.0 Å². The number of rotatable bonds is 8. The number of carbonyl (C=O) groups excluding carboxylic acids is 3. The van der Waals surface area contributed by atoms with Gasteiger partial charge in [0.05, 0.1) is 10.7 Å². The predicted octanol–water partition coefficient (Wildman–Crippen LogP) is 2.40. The van der Waals surface area contributed by atoms with Crippen LogP contribution < -0.4 is 0 Å². The Labute approximate surface area is 163 Å². The first-order chi connectivity index (χ1) is 12.1. The molecule has 9 heteroatoms. The van der Waals surface area contributed by atoms with E-state index in [1.165, 1.54) is 20.8 Å². The Hall–Kier alpha value is -0.930. The fourth-order valence-corrected chi connectivity index (χ4v) is 5.89. The summed E-state index contributed by atoms with van der Waals surface area (Å²) >= 11 is 3.35. The Morgan fingerprint density at radius 1 is 0.923 bits per heavy atom. The molecule has 0 spiro atoms. The highest BCUT2D eigenvalue weighted by Crippen LogP contribution is 2.45. The van der Waals surface area contributed by atoms with E-state index >= 15 is 0 Å². The zero-order valence-electron chi connectivity index (χ0n) is 16.1. The van der Waals surface area contributed by atoms with Crippen LogP contribution in [0, 0.1) is 0 Å². The third-order valence-corrected chi connectivity index (χ3v) is 6.62. The average Bonchev–Trinajstić information content (AvgIpc) is 2.49. The summed E-state index contributed by atoms with van der Waals surface area (Å²) in [4.78, 5) is 34.8. The van der Waals surface area contributed by atoms with Crippen LogP contribution in [-0.4, -0.2) is 64.5 Å². The van der Waals surface area contributed by atoms with Gasteiger partial charge >= 0.3 is 17.9 Å². The second-order valence-corrected chi connectivity index (χ2v) is 9.62. The Morgan fingerprint density at radius 2 is 1.38 bits per heavy atom. The van der Waals surface area contributed by atoms with Crippen molar-refractivity contribution in [3.63, 3.8) is 0 Å². The minimum Gasteiger partial charge on any atom is -0.456 e. The molecule has 0 radical (unpaired) electrons. The van der Waals surface area contributed by atoms with Crippen LogP contribution in [0.3, 0.4) is 0 Å². The monoisotopic (exact) mass is 408 g/mol. The van der Waals surface area contributed by atoms with Gasteiger partial charge in [0, 0.05) is 20.8 Å². The van der Waals surface area contributed by atoms with Crippen molar-refractivity contribution >= 4 is 41.4 Å². The van der Waals surface area contributed by atoms with Crippen molar-refractivity contribution in [2.75, 3.05) is 18.1 Å². The fraction of sp³-hybridized carbons (Fsp3) is 0.824. The summed E-state index contributed by atoms with van der Waals surface area (Å²) in [5.41, 5.74) is 0. The summed E-state index contributed by atoms with van der Waals surface area (Å²) in [7, 11) is 0. The van der Waals surface area contributed by atoms with Gasteiger partial charge in [-0.15, -0.1) is 23.5 Å². The molecule has 0 bridgehead atoms. The summed E-state index contributed by atoms with van der Waals surface area (Å²) in [5, 5.41) is 0. The van der Waals surface area contributed by atoms with Gasteiger partial charge in [-0.1, -0.05) is 13.8 Å². The maximum absolute atomic E-state index is 11.7. The van der Waals surface area contributed by atoms with Gasteiger partial charge in [0.25, 0.3) is 0 Å². The molecule has 1 heterocycles. The number of thioether (sulfide) groups is 2. The van der Waals surface area contributed by atoms with Crippen molar-refractivity contribution in [3.8, 4) is 0 Å². The summed E-state index contributed by atoms with van der Waals surface area (Å²) in [6.45, 7) is 9.97. The lowest BCUT2D eigenvalue weighted by Crippen LogP contribution is -2.62. The second-order valence-electron chi connectivity index (χ2n) is 5.93. The summed E-state index contributed by atoms with van der Waals surface area (Å²) in [6, 6.07) is 0. The summed E-state index contributed by atoms with van der Waals surface area (Å²) in [6.07, 6.45) is -3.16. The van der Waals surface area contributed by atoms with Gasteiger partial charge in [0.1, 0.15) is 6.10 Å². The van der Waals surface area contributed by atoms with Crippen molar-refractivity contribution in [1.82, 2.24) is 0 Å². The molecule has 0 saturated carbocycles. The summed E-state index contributed by atoms with van der Waals surface area (Å²) < 4.78 is 21.7. The third kappa shape index (κ3) is 6.35. The van der Waals surface area contributed by atoms with E-state index in [9.17, 15) is 14.4 Å². The largest absolute Gasteiger partial charge is 0.456 e. The van der Waals surface area contributed by atoms with Gasteiger partial charge in [-0.25, -0.2) is 0 Å². The first kappa shape index (κ1) is 23.1. The Balaban J connectivity index is 3.26. The third-order valence-electron chi connectivity index (χ3n) is 3.73. The van der Waals surface area contributed by atoms with Crippen LogP contribution in [0.5, 0.6) is 0 Å². The van der Waals surface area contributed by atoms with E-state index < -0.39 is 46.4 Å². The van der Waals surface area contributed by atoms with E-state index in [1.54, 1.807) is 23.5 Å². The molecule has 26 heavy (non-hydrogen) atoms. The van der Waals surface area contributed by atoms with Gasteiger partial charge in [0.2, 0.25) is 0 Å². The smallest absolute Gasteiger partial charge is 0.303 e. The quantitative estimate of drug-likeness (QED) is 0.341. The van der Waals surface area contributed by atoms with Crippen molar-refractivity contribution in [1.29, 1.82) is 0 Å². The van der Waals surface area contributed by atoms with Crippen molar-refractivity contribution < 1.29 is 33.3 Å². The molecule has 1 rings (SSSR count). The van der Waals surface area contributed by atoms with E-state index in [-0.39, 0.29) is 6.61 Å². The van der Waals surface area contributed by atoms with E-state index in [0.717, 1.165) is 11.5 Å². The van der Waals surface area contributed by atoms with Crippen LogP contribution in [0.1, 0.15) is 41.5 Å². The van der Waals surface area contributed by atoms with Crippen molar-refractivity contribution in [2.24, 2.45) is 0 Å². The van der Waals surface area contributed by atoms with Crippen LogP contribution in [0.4, 0.5) is 0 Å². The molecule has 0 N–H and O–H groups in total. The zero-order chi connectivity index (χ0) is 19.9. The average molecular weight is 409 g/mol. The molecule has 1 fully saturated rings. The molecular formula is C17H28O7S2. The molecule has 0 aromatic rings. The standard InChI is InChI=1S/C17H28O7S2/c1-7-25-17(6,26-8-2)16-15(24-12(5)20)14(23-11(4)19)13(9-21-16)22-10(3)18/h13-16H,7-9H2,1-6H3/t13-,14+,15+,16+/m1/s1. The SMILES string of the molecule is CCSC(C)(SCC)[C@H]1OC[C@@H](OC(C)=O)[C@H](OC(C)=O)[C@@H]1OC(C)=O. The minimum atomic E-state index is -0.923. The lowest BCUT2D eigenvalue weighted by Gasteiger charge is -2.47. The first-order valence-electron chi connectivity index (χ1n) is 8.55. The lowest BCUT2D eigenvalue weighted by molar-refractivity contribution is -0.226. The number of carbonyl (C=O) groups is 3. The molecule has 1 aliphatic heterocycles. The van der Waals surface area contributed by atoms with Crippen LogP contribution in [0.15, 0.2) is 0 Å². The normalized spacial score (nSPS) is 26.1. The van der Waals surface area contributed by atoms with Gasteiger partial charge in [-0.3, -0.25) is 14.4 Å². The second kappa shape index (κ2) is 10.4. The molecule has 4 atom stereocenters. The maximum Gasteiger partial charge on any atom is 0.303 e. The molecule has 1 aliphatic rings. The Morgan fingerprint density at radius 3 is 1.81 bits per heavy atom. The highest BCUT2D eigenvalue weighted by molar-refractivity contribution is 8.18. The fourth-order valence-electron chi connectivity index (χ4n) is 2.97. The van der Waals surface area contributed by atoms with Gasteiger partial charge in [-0.2, -0.15) is 0 Å². The molecule has 1 saturated heterocycles. The first-order valence-corrected chi connectivity index (χ1v) is 10.5. The maximum atomic E-state index is 11.7. The minimum absolute atomic E-state index is 0.0596. The topological polar surface area (TPSA) is 88.1 Å². The number of hydrogen-bond donors (Lipinski definition) is 0. The molecule has 0 aromatic heterocycles. The number of hydrogen-bond acceptors (Lipinski definition) is 9. The van der Waals surface area contributed by atoms with Crippen LogP contribution in [0.2, 0.25) is 0 Å². The molecule has 0 amide bonds. The molecule has 150 valence electrons. The van der Waals surface area contributed by atoms with Crippen molar-refractivity contribution in [3.05, 3.63) is 0 Å². The van der Waals surface area contributed by atoms with E-state index in [1.807, 2.05) is 20.8 Å². The van der Waals surface area contributed by atoms with E-state index in [4.69, 9.17) is 18.9 Å². The molecular weight excluding hydrogens is 380 g/mol. The van der Waals surface area contributed by atoms with Gasteiger partial charge < -0.3 is 18.9 Å². The van der Waals surface area contributed by atoms with Crippen LogP contribution in [0.25, 0.3) is 0 Å². The van der Waals surface area contributed by atoms with Gasteiger partial charge in [0.15, 0.2) is 18.3 Å². The summed E-state index contributed by atoms with van der Waals surface area (Å²) in [5.74, 6) is 0.0840. The Kier molecular flexibility index (Phi) is 9.26. The molecule has 0 aromatic carbocycles. The van der Waals surface area contributed by atoms with Gasteiger partial charge in [-0.05, 0) is 18.4 Å². The zero-order valence-corrected chi connectivity index (χ0v) is 17.7. The van der Waals surface area contributed by atoms with Crippen LogP contribution in [-0.2, 0) is 33.3 Å². The predicted molar refractivity (Wildman–Crippen MR) is 101 cm³/mol. The number of ether oxygens (including phenoxy) is 4. The van der Waals surface area contributed by atoms with E-state index in [2.05, 4.69) is 0 Å². The number of esters is 3. The molecule has 7 nitrogen and oxygen atoms in total. The highest BCUT2D eigenvalue weighted by Gasteiger charge is 2.53. The van der Waals surface area contributed by atoms with Crippen LogP contribution >= 0.6 is 23.5 Å². The van der Waals surface area contributed by atoms with E-state index in [0.29, 0.717) is 0 Å². The molecule has 0 aliphatic carbocycles. The highest BCUT2D eigenvalue weighted by atomic mass is 32.2. The lowest BCUT2D eigenvalue weighted by atomic mass is 9.97.